The van der Waals surface area contributed by atoms with Crippen molar-refractivity contribution in [1.29, 1.82) is 0 Å². The summed E-state index contributed by atoms with van der Waals surface area (Å²) in [4.78, 5) is 17.4. The molecule has 0 saturated carbocycles. The van der Waals surface area contributed by atoms with Gasteiger partial charge in [-0.2, -0.15) is 13.2 Å². The molecule has 2 heterocycles. The molecule has 1 saturated heterocycles. The number of anilines is 1. The van der Waals surface area contributed by atoms with Crippen molar-refractivity contribution in [3.63, 3.8) is 0 Å². The van der Waals surface area contributed by atoms with Gasteiger partial charge in [-0.15, -0.1) is 0 Å². The Bertz CT molecular complexity index is 484. The van der Waals surface area contributed by atoms with Gasteiger partial charge >= 0.3 is 12.0 Å². The normalized spacial score (nSPS) is 17.0. The van der Waals surface area contributed by atoms with E-state index in [-0.39, 0.29) is 12.4 Å². The smallest absolute Gasteiger partial charge is 0.366 e. The highest BCUT2D eigenvalue weighted by molar-refractivity contribution is 5.46. The van der Waals surface area contributed by atoms with Crippen LogP contribution in [0.4, 0.5) is 24.7 Å². The van der Waals surface area contributed by atoms with Crippen LogP contribution in [-0.2, 0) is 0 Å². The lowest BCUT2D eigenvalue weighted by Gasteiger charge is -2.35. The van der Waals surface area contributed by atoms with Crippen molar-refractivity contribution in [3.05, 3.63) is 28.4 Å². The Kier molecular flexibility index (Phi) is 4.61. The van der Waals surface area contributed by atoms with Gasteiger partial charge < -0.3 is 15.0 Å². The van der Waals surface area contributed by atoms with E-state index < -0.39 is 17.5 Å². The van der Waals surface area contributed by atoms with Crippen LogP contribution in [0.15, 0.2) is 18.3 Å². The summed E-state index contributed by atoms with van der Waals surface area (Å²) in [7, 11) is 0. The number of alkyl halides is 3. The number of aromatic nitrogens is 1. The van der Waals surface area contributed by atoms with Crippen molar-refractivity contribution in [2.75, 3.05) is 37.6 Å². The third-order valence-electron chi connectivity index (χ3n) is 3.37. The van der Waals surface area contributed by atoms with Crippen molar-refractivity contribution in [1.82, 2.24) is 9.88 Å². The van der Waals surface area contributed by atoms with Crippen molar-refractivity contribution >= 4 is 11.5 Å². The van der Waals surface area contributed by atoms with E-state index >= 15 is 0 Å². The molecule has 9 heteroatoms. The standard InChI is InChI=1S/C12H15F3N4O2/c13-12(14,15)3-4-17-5-7-18(8-6-17)10-1-2-11(16-9-10)19(20)21/h1-2,9H,3-8H2. The first-order valence-electron chi connectivity index (χ1n) is 6.50. The van der Waals surface area contributed by atoms with Gasteiger partial charge in [-0.05, 0) is 16.0 Å². The highest BCUT2D eigenvalue weighted by Gasteiger charge is 2.28. The Morgan fingerprint density at radius 1 is 1.24 bits per heavy atom. The fraction of sp³-hybridized carbons (Fsp3) is 0.583. The summed E-state index contributed by atoms with van der Waals surface area (Å²) in [5.41, 5.74) is 0.746. The number of pyridine rings is 1. The van der Waals surface area contributed by atoms with Crippen molar-refractivity contribution in [3.8, 4) is 0 Å². The molecule has 1 aromatic rings. The second-order valence-electron chi connectivity index (χ2n) is 4.83. The summed E-state index contributed by atoms with van der Waals surface area (Å²) in [6.45, 7) is 2.24. The predicted octanol–water partition coefficient (Wildman–Crippen LogP) is 2.06. The van der Waals surface area contributed by atoms with Gasteiger partial charge in [0.25, 0.3) is 0 Å². The quantitative estimate of drug-likeness (QED) is 0.629. The molecule has 6 nitrogen and oxygen atoms in total. The molecule has 1 aliphatic rings. The van der Waals surface area contributed by atoms with E-state index in [1.165, 1.54) is 12.3 Å². The lowest BCUT2D eigenvalue weighted by Crippen LogP contribution is -2.47. The maximum absolute atomic E-state index is 12.2. The fourth-order valence-corrected chi connectivity index (χ4v) is 2.19. The molecule has 2 rings (SSSR count). The van der Waals surface area contributed by atoms with Gasteiger partial charge in [0.2, 0.25) is 0 Å². The molecule has 0 aliphatic carbocycles. The maximum Gasteiger partial charge on any atom is 0.390 e. The van der Waals surface area contributed by atoms with Crippen LogP contribution in [0, 0.1) is 10.1 Å². The molecule has 1 fully saturated rings. The van der Waals surface area contributed by atoms with Gasteiger partial charge in [-0.1, -0.05) is 0 Å². The Morgan fingerprint density at radius 2 is 1.90 bits per heavy atom. The largest absolute Gasteiger partial charge is 0.390 e. The molecule has 0 spiro atoms. The van der Waals surface area contributed by atoms with E-state index in [0.717, 1.165) is 5.69 Å². The van der Waals surface area contributed by atoms with E-state index in [2.05, 4.69) is 4.98 Å². The summed E-state index contributed by atoms with van der Waals surface area (Å²) >= 11 is 0. The Hall–Kier alpha value is -1.90. The molecule has 1 aromatic heterocycles. The minimum absolute atomic E-state index is 0.00977. The first-order valence-corrected chi connectivity index (χ1v) is 6.50. The maximum atomic E-state index is 12.2. The Morgan fingerprint density at radius 3 is 2.38 bits per heavy atom. The average molecular weight is 304 g/mol. The van der Waals surface area contributed by atoms with Crippen LogP contribution in [0.2, 0.25) is 0 Å². The number of nitrogens with zero attached hydrogens (tertiary/aromatic N) is 4. The number of hydrogen-bond acceptors (Lipinski definition) is 5. The van der Waals surface area contributed by atoms with Crippen LogP contribution in [0.25, 0.3) is 0 Å². The van der Waals surface area contributed by atoms with Crippen molar-refractivity contribution in [2.24, 2.45) is 0 Å². The predicted molar refractivity (Wildman–Crippen MR) is 70.2 cm³/mol. The number of piperazine rings is 1. The molecular formula is C12H15F3N4O2. The van der Waals surface area contributed by atoms with Gasteiger partial charge in [-0.3, -0.25) is 4.90 Å². The molecule has 0 amide bonds. The molecule has 1 aliphatic heterocycles. The molecule has 0 N–H and O–H groups in total. The number of hydrogen-bond donors (Lipinski definition) is 0. The van der Waals surface area contributed by atoms with E-state index in [1.807, 2.05) is 4.90 Å². The van der Waals surface area contributed by atoms with Crippen LogP contribution < -0.4 is 4.90 Å². The Labute approximate surface area is 119 Å². The summed E-state index contributed by atoms with van der Waals surface area (Å²) in [5.74, 6) is -0.220. The molecule has 0 unspecified atom stereocenters. The monoisotopic (exact) mass is 304 g/mol. The number of rotatable bonds is 4. The SMILES string of the molecule is O=[N+]([O-])c1ccc(N2CCN(CCC(F)(F)F)CC2)cn1. The first kappa shape index (κ1) is 15.5. The second kappa shape index (κ2) is 6.25. The van der Waals surface area contributed by atoms with Crippen LogP contribution in [0.5, 0.6) is 0 Å². The molecule has 0 bridgehead atoms. The molecular weight excluding hydrogens is 289 g/mol. The first-order chi connectivity index (χ1) is 9.85. The molecule has 21 heavy (non-hydrogen) atoms. The van der Waals surface area contributed by atoms with Crippen LogP contribution in [0.3, 0.4) is 0 Å². The van der Waals surface area contributed by atoms with E-state index in [9.17, 15) is 23.3 Å². The zero-order chi connectivity index (χ0) is 15.5. The van der Waals surface area contributed by atoms with Crippen molar-refractivity contribution < 1.29 is 18.1 Å². The topological polar surface area (TPSA) is 62.5 Å². The van der Waals surface area contributed by atoms with E-state index in [0.29, 0.717) is 26.2 Å². The molecule has 0 radical (unpaired) electrons. The Balaban J connectivity index is 1.84. The highest BCUT2D eigenvalue weighted by Crippen LogP contribution is 2.21. The average Bonchev–Trinajstić information content (AvgIpc) is 2.45. The van der Waals surface area contributed by atoms with Gasteiger partial charge in [0.05, 0.1) is 12.1 Å². The van der Waals surface area contributed by atoms with E-state index in [1.54, 1.807) is 11.0 Å². The minimum atomic E-state index is -4.13. The lowest BCUT2D eigenvalue weighted by molar-refractivity contribution is -0.389. The summed E-state index contributed by atoms with van der Waals surface area (Å²) in [6, 6.07) is 2.93. The van der Waals surface area contributed by atoms with Gasteiger partial charge in [0.15, 0.2) is 6.20 Å². The molecule has 0 atom stereocenters. The summed E-state index contributed by atoms with van der Waals surface area (Å²) in [6.07, 6.45) is -3.50. The van der Waals surface area contributed by atoms with Crippen LogP contribution >= 0.6 is 0 Å². The van der Waals surface area contributed by atoms with Gasteiger partial charge in [0, 0.05) is 38.8 Å². The lowest BCUT2D eigenvalue weighted by atomic mass is 10.2. The third-order valence-corrected chi connectivity index (χ3v) is 3.37. The molecule has 0 aromatic carbocycles. The van der Waals surface area contributed by atoms with Crippen LogP contribution in [0.1, 0.15) is 6.42 Å². The summed E-state index contributed by atoms with van der Waals surface area (Å²) in [5, 5.41) is 10.5. The zero-order valence-electron chi connectivity index (χ0n) is 11.2. The van der Waals surface area contributed by atoms with Gasteiger partial charge in [0.1, 0.15) is 0 Å². The van der Waals surface area contributed by atoms with Gasteiger partial charge in [-0.25, -0.2) is 0 Å². The third kappa shape index (κ3) is 4.55. The number of halogens is 3. The number of nitro groups is 1. The highest BCUT2D eigenvalue weighted by atomic mass is 19.4. The van der Waals surface area contributed by atoms with E-state index in [4.69, 9.17) is 0 Å². The van der Waals surface area contributed by atoms with Crippen LogP contribution in [-0.4, -0.2) is 53.7 Å². The summed E-state index contributed by atoms with van der Waals surface area (Å²) < 4.78 is 36.5. The van der Waals surface area contributed by atoms with Crippen molar-refractivity contribution in [2.45, 2.75) is 12.6 Å². The minimum Gasteiger partial charge on any atom is -0.366 e. The second-order valence-corrected chi connectivity index (χ2v) is 4.83. The molecule has 116 valence electrons. The fourth-order valence-electron chi connectivity index (χ4n) is 2.19. The zero-order valence-corrected chi connectivity index (χ0v) is 11.2.